The van der Waals surface area contributed by atoms with Crippen molar-refractivity contribution in [2.75, 3.05) is 18.4 Å². The molecule has 13 nitrogen and oxygen atoms in total. The van der Waals surface area contributed by atoms with E-state index in [0.717, 1.165) is 65.7 Å². The summed E-state index contributed by atoms with van der Waals surface area (Å²) in [4.78, 5) is 24.2. The van der Waals surface area contributed by atoms with E-state index in [4.69, 9.17) is 4.74 Å². The highest BCUT2D eigenvalue weighted by Gasteiger charge is 2.25. The molecule has 6 rings (SSSR count). The SMILES string of the molecule is CC(C)n1nnc(-c2cc(Nc3ncnn4ccc(CN5CCC(NC(=O)OC(C)(C)C)CC5)c34)c3[nH]ccc3c2)n1. The molecule has 1 fully saturated rings. The highest BCUT2D eigenvalue weighted by molar-refractivity contribution is 5.97. The van der Waals surface area contributed by atoms with Gasteiger partial charge in [-0.05, 0) is 82.5 Å². The number of nitrogens with zero attached hydrogens (tertiary/aromatic N) is 8. The number of amides is 1. The van der Waals surface area contributed by atoms with Crippen molar-refractivity contribution in [2.24, 2.45) is 0 Å². The van der Waals surface area contributed by atoms with Crippen molar-refractivity contribution < 1.29 is 9.53 Å². The number of H-pyrrole nitrogens is 1. The topological polar surface area (TPSA) is 143 Å². The zero-order valence-electron chi connectivity index (χ0n) is 24.6. The molecule has 0 radical (unpaired) electrons. The minimum Gasteiger partial charge on any atom is -0.444 e. The Kier molecular flexibility index (Phi) is 7.27. The fourth-order valence-electron chi connectivity index (χ4n) is 5.27. The van der Waals surface area contributed by atoms with Gasteiger partial charge < -0.3 is 20.4 Å². The summed E-state index contributed by atoms with van der Waals surface area (Å²) in [5, 5.41) is 25.1. The van der Waals surface area contributed by atoms with E-state index < -0.39 is 5.60 Å². The van der Waals surface area contributed by atoms with Gasteiger partial charge in [0.1, 0.15) is 17.4 Å². The normalized spacial score (nSPS) is 15.1. The summed E-state index contributed by atoms with van der Waals surface area (Å²) < 4.78 is 7.28. The predicted octanol–water partition coefficient (Wildman–Crippen LogP) is 4.68. The van der Waals surface area contributed by atoms with Crippen LogP contribution < -0.4 is 10.6 Å². The number of alkyl carbamates (subject to hydrolysis) is 1. The van der Waals surface area contributed by atoms with Crippen molar-refractivity contribution in [3.63, 3.8) is 0 Å². The molecular weight excluding hydrogens is 534 g/mol. The van der Waals surface area contributed by atoms with Crippen LogP contribution in [0.1, 0.15) is 59.1 Å². The standard InChI is InChI=1S/C29H37N11O2/c1-18(2)40-36-26(35-37-40)21-14-19-6-10-30-24(19)23(15-21)34-27-25-20(7-13-39(25)32-17-31-27)16-38-11-8-22(9-12-38)33-28(41)42-29(3,4)5/h6-7,10,13-15,17-18,22,30H,8-9,11-12,16H2,1-5H3,(H,33,41)(H,31,32,34). The number of hydrogen-bond acceptors (Lipinski definition) is 9. The summed E-state index contributed by atoms with van der Waals surface area (Å²) in [5.41, 5.74) is 4.21. The number of rotatable bonds is 7. The van der Waals surface area contributed by atoms with Gasteiger partial charge in [0.2, 0.25) is 5.82 Å². The molecule has 0 bridgehead atoms. The lowest BCUT2D eigenvalue weighted by molar-refractivity contribution is 0.0477. The van der Waals surface area contributed by atoms with Crippen LogP contribution >= 0.6 is 0 Å². The lowest BCUT2D eigenvalue weighted by atomic mass is 10.0. The van der Waals surface area contributed by atoms with E-state index >= 15 is 0 Å². The number of anilines is 2. The zero-order chi connectivity index (χ0) is 29.4. The van der Waals surface area contributed by atoms with Gasteiger partial charge in [0.25, 0.3) is 0 Å². The molecule has 1 aromatic carbocycles. The largest absolute Gasteiger partial charge is 0.444 e. The number of aromatic nitrogens is 8. The Balaban J connectivity index is 1.21. The Morgan fingerprint density at radius 1 is 1.19 bits per heavy atom. The first-order valence-electron chi connectivity index (χ1n) is 14.3. The fraction of sp³-hybridized carbons (Fsp3) is 0.448. The van der Waals surface area contributed by atoms with E-state index in [0.29, 0.717) is 11.6 Å². The second-order valence-corrected chi connectivity index (χ2v) is 12.1. The molecule has 5 aromatic rings. The number of aromatic amines is 1. The highest BCUT2D eigenvalue weighted by atomic mass is 16.6. The number of nitrogens with one attached hydrogen (secondary N) is 3. The number of fused-ring (bicyclic) bond motifs is 2. The Morgan fingerprint density at radius 3 is 2.74 bits per heavy atom. The van der Waals surface area contributed by atoms with Crippen LogP contribution in [0.25, 0.3) is 27.8 Å². The Morgan fingerprint density at radius 2 is 2.00 bits per heavy atom. The summed E-state index contributed by atoms with van der Waals surface area (Å²) in [5.74, 6) is 1.27. The molecule has 1 aliphatic heterocycles. The molecule has 1 amide bonds. The second kappa shape index (κ2) is 11.0. The van der Waals surface area contributed by atoms with Crippen LogP contribution in [0.15, 0.2) is 43.0 Å². The summed E-state index contributed by atoms with van der Waals surface area (Å²) in [6, 6.07) is 8.41. The maximum atomic E-state index is 12.2. The van der Waals surface area contributed by atoms with E-state index in [1.54, 1.807) is 11.1 Å². The average molecular weight is 572 g/mol. The molecule has 0 spiro atoms. The average Bonchev–Trinajstić information content (AvgIpc) is 3.69. The van der Waals surface area contributed by atoms with Crippen molar-refractivity contribution in [2.45, 2.75) is 71.7 Å². The van der Waals surface area contributed by atoms with Crippen molar-refractivity contribution in [1.29, 1.82) is 0 Å². The summed E-state index contributed by atoms with van der Waals surface area (Å²) in [6.07, 6.45) is 6.80. The van der Waals surface area contributed by atoms with E-state index in [1.165, 1.54) is 0 Å². The molecule has 0 unspecified atom stereocenters. The number of ether oxygens (including phenoxy) is 1. The third kappa shape index (κ3) is 5.91. The van der Waals surface area contributed by atoms with Crippen LogP contribution in [0.4, 0.5) is 16.3 Å². The van der Waals surface area contributed by atoms with Gasteiger partial charge in [-0.3, -0.25) is 4.90 Å². The van der Waals surface area contributed by atoms with Gasteiger partial charge in [-0.2, -0.15) is 9.90 Å². The second-order valence-electron chi connectivity index (χ2n) is 12.1. The van der Waals surface area contributed by atoms with Crippen molar-refractivity contribution in [3.05, 3.63) is 48.5 Å². The molecule has 3 N–H and O–H groups in total. The third-order valence-electron chi connectivity index (χ3n) is 7.30. The molecular formula is C29H37N11O2. The number of likely N-dealkylation sites (tertiary alicyclic amines) is 1. The van der Waals surface area contributed by atoms with Gasteiger partial charge in [-0.25, -0.2) is 14.3 Å². The monoisotopic (exact) mass is 571 g/mol. The molecule has 1 saturated heterocycles. The van der Waals surface area contributed by atoms with Gasteiger partial charge in [-0.1, -0.05) is 0 Å². The van der Waals surface area contributed by atoms with Gasteiger partial charge in [-0.15, -0.1) is 10.2 Å². The Bertz CT molecular complexity index is 1700. The molecule has 220 valence electrons. The van der Waals surface area contributed by atoms with Crippen molar-refractivity contribution in [1.82, 2.24) is 50.0 Å². The fourth-order valence-corrected chi connectivity index (χ4v) is 5.27. The minimum absolute atomic E-state index is 0.106. The summed E-state index contributed by atoms with van der Waals surface area (Å²) >= 11 is 0. The lowest BCUT2D eigenvalue weighted by Gasteiger charge is -2.32. The Labute approximate surface area is 243 Å². The van der Waals surface area contributed by atoms with Crippen molar-refractivity contribution in [3.8, 4) is 11.4 Å². The van der Waals surface area contributed by atoms with Crippen LogP contribution in [0.2, 0.25) is 0 Å². The molecule has 1 aliphatic rings. The first kappa shape index (κ1) is 27.6. The van der Waals surface area contributed by atoms with Crippen LogP contribution in [0.3, 0.4) is 0 Å². The molecule has 5 heterocycles. The van der Waals surface area contributed by atoms with Crippen LogP contribution in [-0.2, 0) is 11.3 Å². The van der Waals surface area contributed by atoms with Crippen LogP contribution in [0.5, 0.6) is 0 Å². The van der Waals surface area contributed by atoms with Crippen molar-refractivity contribution >= 4 is 34.0 Å². The molecule has 42 heavy (non-hydrogen) atoms. The number of tetrazole rings is 1. The van der Waals surface area contributed by atoms with E-state index in [1.807, 2.05) is 63.7 Å². The quantitative estimate of drug-likeness (QED) is 0.254. The van der Waals surface area contributed by atoms with E-state index in [9.17, 15) is 4.79 Å². The van der Waals surface area contributed by atoms with Gasteiger partial charge in [0, 0.05) is 49.0 Å². The number of hydrogen-bond donors (Lipinski definition) is 3. The highest BCUT2D eigenvalue weighted by Crippen LogP contribution is 2.32. The van der Waals surface area contributed by atoms with E-state index in [2.05, 4.69) is 58.1 Å². The number of piperidine rings is 1. The maximum absolute atomic E-state index is 12.2. The number of carbonyl (C=O) groups is 1. The zero-order valence-corrected chi connectivity index (χ0v) is 24.6. The van der Waals surface area contributed by atoms with Gasteiger partial charge in [0.05, 0.1) is 17.2 Å². The number of benzene rings is 1. The smallest absolute Gasteiger partial charge is 0.407 e. The molecule has 13 heteroatoms. The maximum Gasteiger partial charge on any atom is 0.407 e. The summed E-state index contributed by atoms with van der Waals surface area (Å²) in [6.45, 7) is 12.1. The van der Waals surface area contributed by atoms with Gasteiger partial charge >= 0.3 is 6.09 Å². The molecule has 0 atom stereocenters. The van der Waals surface area contributed by atoms with Crippen LogP contribution in [0, 0.1) is 0 Å². The van der Waals surface area contributed by atoms with Crippen LogP contribution in [-0.4, -0.2) is 75.5 Å². The molecule has 0 saturated carbocycles. The summed E-state index contributed by atoms with van der Waals surface area (Å²) in [7, 11) is 0. The van der Waals surface area contributed by atoms with Gasteiger partial charge in [0.15, 0.2) is 5.82 Å². The predicted molar refractivity (Wildman–Crippen MR) is 159 cm³/mol. The number of carbonyl (C=O) groups excluding carboxylic acids is 1. The lowest BCUT2D eigenvalue weighted by Crippen LogP contribution is -2.45. The molecule has 0 aliphatic carbocycles. The Hall–Kier alpha value is -4.52. The molecule has 4 aromatic heterocycles. The minimum atomic E-state index is -0.506. The third-order valence-corrected chi connectivity index (χ3v) is 7.30. The van der Waals surface area contributed by atoms with E-state index in [-0.39, 0.29) is 18.2 Å². The first-order chi connectivity index (χ1) is 20.1. The first-order valence-corrected chi connectivity index (χ1v) is 14.3.